The molecular formula is C14H18N4O4. The molecule has 0 aromatic heterocycles. The lowest BCUT2D eigenvalue weighted by atomic mass is 10.0. The third-order valence-corrected chi connectivity index (χ3v) is 3.33. The van der Waals surface area contributed by atoms with Crippen LogP contribution in [0.5, 0.6) is 11.5 Å². The Morgan fingerprint density at radius 2 is 2.27 bits per heavy atom. The maximum absolute atomic E-state index is 12.1. The lowest BCUT2D eigenvalue weighted by Gasteiger charge is -2.17. The Bertz CT molecular complexity index is 586. The Morgan fingerprint density at radius 1 is 1.50 bits per heavy atom. The predicted octanol–water partition coefficient (Wildman–Crippen LogP) is 2.58. The summed E-state index contributed by atoms with van der Waals surface area (Å²) in [6.45, 7) is 2.12. The molecule has 1 heterocycles. The maximum Gasteiger partial charge on any atom is 0.253 e. The number of rotatable bonds is 7. The van der Waals surface area contributed by atoms with E-state index in [0.717, 1.165) is 12.8 Å². The zero-order valence-corrected chi connectivity index (χ0v) is 12.2. The van der Waals surface area contributed by atoms with Crippen LogP contribution in [0.25, 0.3) is 10.4 Å². The van der Waals surface area contributed by atoms with Gasteiger partial charge in [-0.25, -0.2) is 0 Å². The van der Waals surface area contributed by atoms with Crippen LogP contribution in [0.3, 0.4) is 0 Å². The van der Waals surface area contributed by atoms with Crippen LogP contribution in [0.1, 0.15) is 26.2 Å². The van der Waals surface area contributed by atoms with Crippen molar-refractivity contribution in [1.82, 2.24) is 0 Å². The minimum Gasteiger partial charge on any atom is -0.454 e. The van der Waals surface area contributed by atoms with Crippen molar-refractivity contribution in [2.24, 2.45) is 5.11 Å². The zero-order valence-electron chi connectivity index (χ0n) is 12.2. The molecule has 118 valence electrons. The summed E-state index contributed by atoms with van der Waals surface area (Å²) < 4.78 is 10.4. The summed E-state index contributed by atoms with van der Waals surface area (Å²) in [5.74, 6) is 0.519. The van der Waals surface area contributed by atoms with E-state index in [2.05, 4.69) is 15.3 Å². The number of benzene rings is 1. The molecule has 2 atom stereocenters. The number of aliphatic hydroxyl groups is 1. The minimum absolute atomic E-state index is 0.144. The van der Waals surface area contributed by atoms with Crippen molar-refractivity contribution in [1.29, 1.82) is 0 Å². The summed E-state index contributed by atoms with van der Waals surface area (Å²) >= 11 is 0. The van der Waals surface area contributed by atoms with Crippen LogP contribution in [0.4, 0.5) is 5.69 Å². The van der Waals surface area contributed by atoms with E-state index in [9.17, 15) is 9.90 Å². The Balaban J connectivity index is 2.01. The van der Waals surface area contributed by atoms with Gasteiger partial charge in [-0.05, 0) is 24.1 Å². The highest BCUT2D eigenvalue weighted by Gasteiger charge is 2.25. The van der Waals surface area contributed by atoms with E-state index in [-0.39, 0.29) is 6.79 Å². The summed E-state index contributed by atoms with van der Waals surface area (Å²) in [5, 5.41) is 16.1. The number of hydrogen-bond donors (Lipinski definition) is 2. The molecule has 2 rings (SSSR count). The molecule has 0 fully saturated rings. The molecule has 2 N–H and O–H groups in total. The molecule has 1 aromatic carbocycles. The Labute approximate surface area is 127 Å². The maximum atomic E-state index is 12.1. The highest BCUT2D eigenvalue weighted by molar-refractivity contribution is 5.94. The molecule has 0 bridgehead atoms. The number of carbonyl (C=O) groups is 1. The van der Waals surface area contributed by atoms with Gasteiger partial charge in [0.05, 0.1) is 6.04 Å². The number of unbranched alkanes of at least 4 members (excludes halogenated alkanes) is 1. The van der Waals surface area contributed by atoms with E-state index in [1.807, 2.05) is 6.92 Å². The van der Waals surface area contributed by atoms with Crippen LogP contribution in [0.2, 0.25) is 0 Å². The van der Waals surface area contributed by atoms with Crippen molar-refractivity contribution in [3.05, 3.63) is 28.6 Å². The van der Waals surface area contributed by atoms with E-state index in [1.165, 1.54) is 0 Å². The second-order valence-electron chi connectivity index (χ2n) is 4.92. The van der Waals surface area contributed by atoms with Gasteiger partial charge in [-0.3, -0.25) is 4.79 Å². The third kappa shape index (κ3) is 3.81. The fraction of sp³-hybridized carbons (Fsp3) is 0.500. The fourth-order valence-corrected chi connectivity index (χ4v) is 2.12. The van der Waals surface area contributed by atoms with Gasteiger partial charge in [0.1, 0.15) is 6.10 Å². The number of carbonyl (C=O) groups excluding carboxylic acids is 1. The second-order valence-corrected chi connectivity index (χ2v) is 4.92. The number of anilines is 1. The first-order chi connectivity index (χ1) is 10.7. The van der Waals surface area contributed by atoms with Crippen molar-refractivity contribution in [2.45, 2.75) is 38.3 Å². The minimum atomic E-state index is -1.40. The Morgan fingerprint density at radius 3 is 3.00 bits per heavy atom. The summed E-state index contributed by atoms with van der Waals surface area (Å²) in [4.78, 5) is 14.8. The first-order valence-electron chi connectivity index (χ1n) is 7.08. The van der Waals surface area contributed by atoms with Crippen molar-refractivity contribution in [3.8, 4) is 11.5 Å². The average Bonchev–Trinajstić information content (AvgIpc) is 2.98. The van der Waals surface area contributed by atoms with E-state index in [0.29, 0.717) is 23.6 Å². The molecule has 1 aliphatic heterocycles. The number of amides is 1. The van der Waals surface area contributed by atoms with Crippen LogP contribution in [-0.4, -0.2) is 30.0 Å². The normalized spacial score (nSPS) is 14.8. The summed E-state index contributed by atoms with van der Waals surface area (Å²) in [6.07, 6.45) is 0.704. The second kappa shape index (κ2) is 7.53. The van der Waals surface area contributed by atoms with Crippen LogP contribution in [0, 0.1) is 0 Å². The summed E-state index contributed by atoms with van der Waals surface area (Å²) in [5.41, 5.74) is 9.02. The number of aliphatic hydroxyl groups excluding tert-OH is 1. The fourth-order valence-electron chi connectivity index (χ4n) is 2.12. The number of fused-ring (bicyclic) bond motifs is 1. The molecule has 0 radical (unpaired) electrons. The molecule has 2 unspecified atom stereocenters. The monoisotopic (exact) mass is 306 g/mol. The molecule has 22 heavy (non-hydrogen) atoms. The molecular weight excluding hydrogens is 288 g/mol. The van der Waals surface area contributed by atoms with Crippen LogP contribution >= 0.6 is 0 Å². The first-order valence-corrected chi connectivity index (χ1v) is 7.08. The lowest BCUT2D eigenvalue weighted by molar-refractivity contribution is -0.125. The molecule has 0 saturated carbocycles. The van der Waals surface area contributed by atoms with Gasteiger partial charge in [0.25, 0.3) is 5.91 Å². The first kappa shape index (κ1) is 15.9. The van der Waals surface area contributed by atoms with Crippen LogP contribution in [-0.2, 0) is 4.79 Å². The molecule has 1 amide bonds. The van der Waals surface area contributed by atoms with E-state index < -0.39 is 18.1 Å². The molecule has 1 aliphatic rings. The quantitative estimate of drug-likeness (QED) is 0.457. The van der Waals surface area contributed by atoms with Crippen molar-refractivity contribution in [3.63, 3.8) is 0 Å². The highest BCUT2D eigenvalue weighted by Crippen LogP contribution is 2.34. The van der Waals surface area contributed by atoms with Gasteiger partial charge in [0, 0.05) is 16.7 Å². The number of nitrogens with one attached hydrogen (secondary N) is 1. The van der Waals surface area contributed by atoms with Gasteiger partial charge < -0.3 is 19.9 Å². The molecule has 0 saturated heterocycles. The number of nitrogens with zero attached hydrogens (tertiary/aromatic N) is 3. The molecule has 1 aromatic rings. The van der Waals surface area contributed by atoms with Crippen molar-refractivity contribution >= 4 is 11.6 Å². The molecule has 0 aliphatic carbocycles. The zero-order chi connectivity index (χ0) is 15.9. The summed E-state index contributed by atoms with van der Waals surface area (Å²) in [6, 6.07) is 4.15. The highest BCUT2D eigenvalue weighted by atomic mass is 16.7. The van der Waals surface area contributed by atoms with Gasteiger partial charge in [0.2, 0.25) is 6.79 Å². The van der Waals surface area contributed by atoms with E-state index in [4.69, 9.17) is 15.0 Å². The topological polar surface area (TPSA) is 117 Å². The standard InChI is InChI=1S/C14H18N4O4/c1-2-3-4-10(17-18-15)13(19)14(20)16-9-5-6-11-12(7-9)22-8-21-11/h5-7,10,13,19H,2-4,8H2,1H3,(H,16,20). The molecule has 0 spiro atoms. The van der Waals surface area contributed by atoms with Crippen LogP contribution < -0.4 is 14.8 Å². The number of azide groups is 1. The van der Waals surface area contributed by atoms with Gasteiger partial charge in [-0.15, -0.1) is 0 Å². The lowest BCUT2D eigenvalue weighted by Crippen LogP contribution is -2.36. The third-order valence-electron chi connectivity index (χ3n) is 3.33. The predicted molar refractivity (Wildman–Crippen MR) is 79.7 cm³/mol. The van der Waals surface area contributed by atoms with Gasteiger partial charge in [-0.2, -0.15) is 0 Å². The summed E-state index contributed by atoms with van der Waals surface area (Å²) in [7, 11) is 0. The van der Waals surface area contributed by atoms with Crippen molar-refractivity contribution in [2.75, 3.05) is 12.1 Å². The van der Waals surface area contributed by atoms with Crippen molar-refractivity contribution < 1.29 is 19.4 Å². The Kier molecular flexibility index (Phi) is 5.46. The smallest absolute Gasteiger partial charge is 0.253 e. The van der Waals surface area contributed by atoms with E-state index >= 15 is 0 Å². The van der Waals surface area contributed by atoms with Gasteiger partial charge in [-0.1, -0.05) is 24.9 Å². The Hall–Kier alpha value is -2.44. The molecule has 8 nitrogen and oxygen atoms in total. The molecule has 8 heteroatoms. The number of hydrogen-bond acceptors (Lipinski definition) is 5. The van der Waals surface area contributed by atoms with E-state index in [1.54, 1.807) is 18.2 Å². The largest absolute Gasteiger partial charge is 0.454 e. The SMILES string of the molecule is CCCCC(N=[N+]=[N-])C(O)C(=O)Nc1ccc2c(c1)OCO2. The van der Waals surface area contributed by atoms with Crippen LogP contribution in [0.15, 0.2) is 23.3 Å². The van der Waals surface area contributed by atoms with Gasteiger partial charge in [0.15, 0.2) is 11.5 Å². The average molecular weight is 306 g/mol. The van der Waals surface area contributed by atoms with Gasteiger partial charge >= 0.3 is 0 Å². The number of ether oxygens (including phenoxy) is 2.